The lowest BCUT2D eigenvalue weighted by Crippen LogP contribution is -2.35. The van der Waals surface area contributed by atoms with E-state index in [1.807, 2.05) is 26.0 Å². The van der Waals surface area contributed by atoms with Gasteiger partial charge >= 0.3 is 0 Å². The Morgan fingerprint density at radius 2 is 1.95 bits per heavy atom. The lowest BCUT2D eigenvalue weighted by molar-refractivity contribution is 0.533. The predicted octanol–water partition coefficient (Wildman–Crippen LogP) is 2.34. The van der Waals surface area contributed by atoms with Crippen LogP contribution in [0.15, 0.2) is 23.1 Å². The first-order chi connectivity index (χ1) is 9.06. The zero-order chi connectivity index (χ0) is 13.9. The van der Waals surface area contributed by atoms with E-state index in [1.54, 1.807) is 6.07 Å². The van der Waals surface area contributed by atoms with Gasteiger partial charge in [-0.15, -0.1) is 0 Å². The molecule has 1 aromatic rings. The first-order valence-electron chi connectivity index (χ1n) is 7.14. The van der Waals surface area contributed by atoms with Crippen molar-refractivity contribution in [3.05, 3.63) is 29.3 Å². The highest BCUT2D eigenvalue weighted by Crippen LogP contribution is 2.25. The number of sulfone groups is 1. The second-order valence-corrected chi connectivity index (χ2v) is 7.26. The molecule has 2 rings (SSSR count). The van der Waals surface area contributed by atoms with Gasteiger partial charge in [-0.1, -0.05) is 19.9 Å². The van der Waals surface area contributed by atoms with E-state index in [0.717, 1.165) is 32.2 Å². The number of aryl methyl sites for hydroxylation is 2. The summed E-state index contributed by atoms with van der Waals surface area (Å²) in [5.74, 6) is 0.191. The van der Waals surface area contributed by atoms with Crippen LogP contribution in [0.1, 0.15) is 37.8 Å². The molecule has 0 aromatic heterocycles. The quantitative estimate of drug-likeness (QED) is 0.870. The summed E-state index contributed by atoms with van der Waals surface area (Å²) in [6, 6.07) is 5.70. The Bertz CT molecular complexity index is 537. The Morgan fingerprint density at radius 3 is 2.63 bits per heavy atom. The summed E-state index contributed by atoms with van der Waals surface area (Å²) in [5, 5.41) is 3.23. The number of rotatable bonds is 6. The van der Waals surface area contributed by atoms with E-state index in [9.17, 15) is 8.42 Å². The Balaban J connectivity index is 2.19. The summed E-state index contributed by atoms with van der Waals surface area (Å²) in [4.78, 5) is 0.490. The van der Waals surface area contributed by atoms with Crippen LogP contribution in [0.25, 0.3) is 0 Å². The molecule has 0 saturated heterocycles. The third kappa shape index (κ3) is 3.37. The standard InChI is InChI=1S/C15H23NO2S/c1-3-14(16-4-2)11-19(17,18)15-9-8-12-6-5-7-13(12)10-15/h8-10,14,16H,3-7,11H2,1-2H3. The summed E-state index contributed by atoms with van der Waals surface area (Å²) in [5.41, 5.74) is 2.54. The van der Waals surface area contributed by atoms with Gasteiger partial charge < -0.3 is 5.32 Å². The van der Waals surface area contributed by atoms with Crippen LogP contribution in [-0.4, -0.2) is 26.8 Å². The fourth-order valence-corrected chi connectivity index (χ4v) is 4.39. The maximum atomic E-state index is 12.4. The molecule has 4 heteroatoms. The van der Waals surface area contributed by atoms with E-state index < -0.39 is 9.84 Å². The van der Waals surface area contributed by atoms with Crippen molar-refractivity contribution in [3.8, 4) is 0 Å². The molecule has 1 aliphatic carbocycles. The van der Waals surface area contributed by atoms with Gasteiger partial charge in [-0.3, -0.25) is 0 Å². The highest BCUT2D eigenvalue weighted by Gasteiger charge is 2.21. The van der Waals surface area contributed by atoms with Crippen LogP contribution in [0.3, 0.4) is 0 Å². The van der Waals surface area contributed by atoms with Crippen LogP contribution in [0, 0.1) is 0 Å². The summed E-state index contributed by atoms with van der Waals surface area (Å²) >= 11 is 0. The first-order valence-corrected chi connectivity index (χ1v) is 8.80. The molecule has 1 atom stereocenters. The molecule has 1 N–H and O–H groups in total. The van der Waals surface area contributed by atoms with E-state index in [1.165, 1.54) is 11.1 Å². The van der Waals surface area contributed by atoms with Crippen molar-refractivity contribution < 1.29 is 8.42 Å². The SMILES string of the molecule is CCNC(CC)CS(=O)(=O)c1ccc2c(c1)CCC2. The number of hydrogen-bond acceptors (Lipinski definition) is 3. The molecule has 0 amide bonds. The molecular formula is C15H23NO2S. The molecule has 3 nitrogen and oxygen atoms in total. The Morgan fingerprint density at radius 1 is 1.21 bits per heavy atom. The molecule has 1 aromatic carbocycles. The fourth-order valence-electron chi connectivity index (χ4n) is 2.71. The third-order valence-electron chi connectivity index (χ3n) is 3.84. The molecule has 19 heavy (non-hydrogen) atoms. The van der Waals surface area contributed by atoms with Gasteiger partial charge in [-0.05, 0) is 55.5 Å². The van der Waals surface area contributed by atoms with Gasteiger partial charge in [0.2, 0.25) is 0 Å². The molecule has 0 bridgehead atoms. The van der Waals surface area contributed by atoms with Crippen molar-refractivity contribution in [2.45, 2.75) is 50.5 Å². The molecule has 0 aliphatic heterocycles. The number of fused-ring (bicyclic) bond motifs is 1. The number of nitrogens with one attached hydrogen (secondary N) is 1. The topological polar surface area (TPSA) is 46.2 Å². The van der Waals surface area contributed by atoms with Crippen LogP contribution in [0.4, 0.5) is 0 Å². The molecular weight excluding hydrogens is 258 g/mol. The molecule has 1 unspecified atom stereocenters. The highest BCUT2D eigenvalue weighted by atomic mass is 32.2. The summed E-state index contributed by atoms with van der Waals surface area (Å²) in [6.45, 7) is 4.83. The minimum atomic E-state index is -3.18. The monoisotopic (exact) mass is 281 g/mol. The van der Waals surface area contributed by atoms with Crippen molar-refractivity contribution in [2.75, 3.05) is 12.3 Å². The van der Waals surface area contributed by atoms with Gasteiger partial charge in [-0.2, -0.15) is 0 Å². The summed E-state index contributed by atoms with van der Waals surface area (Å²) in [6.07, 6.45) is 4.08. The van der Waals surface area contributed by atoms with Crippen molar-refractivity contribution >= 4 is 9.84 Å². The summed E-state index contributed by atoms with van der Waals surface area (Å²) < 4.78 is 24.9. The van der Waals surface area contributed by atoms with Crippen LogP contribution < -0.4 is 5.32 Å². The van der Waals surface area contributed by atoms with Crippen LogP contribution in [-0.2, 0) is 22.7 Å². The molecule has 0 saturated carbocycles. The van der Waals surface area contributed by atoms with Gasteiger partial charge in [0, 0.05) is 6.04 Å². The molecule has 0 fully saturated rings. The predicted molar refractivity (Wildman–Crippen MR) is 78.3 cm³/mol. The number of benzene rings is 1. The molecule has 1 aliphatic rings. The van der Waals surface area contributed by atoms with Gasteiger partial charge in [-0.25, -0.2) is 8.42 Å². The molecule has 0 radical (unpaired) electrons. The smallest absolute Gasteiger partial charge is 0.179 e. The van der Waals surface area contributed by atoms with Crippen molar-refractivity contribution in [2.24, 2.45) is 0 Å². The summed E-state index contributed by atoms with van der Waals surface area (Å²) in [7, 11) is -3.18. The lowest BCUT2D eigenvalue weighted by atomic mass is 10.1. The van der Waals surface area contributed by atoms with E-state index in [2.05, 4.69) is 5.32 Å². The maximum absolute atomic E-state index is 12.4. The second-order valence-electron chi connectivity index (χ2n) is 5.23. The minimum Gasteiger partial charge on any atom is -0.313 e. The average molecular weight is 281 g/mol. The van der Waals surface area contributed by atoms with Crippen LogP contribution in [0.2, 0.25) is 0 Å². The molecule has 0 heterocycles. The van der Waals surface area contributed by atoms with Gasteiger partial charge in [0.1, 0.15) is 0 Å². The normalized spacial score (nSPS) is 16.3. The van der Waals surface area contributed by atoms with E-state index in [-0.39, 0.29) is 11.8 Å². The van der Waals surface area contributed by atoms with E-state index >= 15 is 0 Å². The van der Waals surface area contributed by atoms with E-state index in [0.29, 0.717) is 4.90 Å². The van der Waals surface area contributed by atoms with Gasteiger partial charge in [0.25, 0.3) is 0 Å². The fraction of sp³-hybridized carbons (Fsp3) is 0.600. The maximum Gasteiger partial charge on any atom is 0.179 e. The Kier molecular flexibility index (Phi) is 4.63. The molecule has 0 spiro atoms. The highest BCUT2D eigenvalue weighted by molar-refractivity contribution is 7.91. The zero-order valence-electron chi connectivity index (χ0n) is 11.8. The largest absolute Gasteiger partial charge is 0.313 e. The lowest BCUT2D eigenvalue weighted by Gasteiger charge is -2.16. The van der Waals surface area contributed by atoms with Gasteiger partial charge in [0.05, 0.1) is 10.6 Å². The first kappa shape index (κ1) is 14.5. The van der Waals surface area contributed by atoms with Crippen LogP contribution >= 0.6 is 0 Å². The molecule has 106 valence electrons. The second kappa shape index (κ2) is 6.06. The Labute approximate surface area is 116 Å². The van der Waals surface area contributed by atoms with Crippen molar-refractivity contribution in [3.63, 3.8) is 0 Å². The van der Waals surface area contributed by atoms with Crippen molar-refractivity contribution in [1.82, 2.24) is 5.32 Å². The van der Waals surface area contributed by atoms with Gasteiger partial charge in [0.15, 0.2) is 9.84 Å². The van der Waals surface area contributed by atoms with Crippen molar-refractivity contribution in [1.29, 1.82) is 0 Å². The number of hydrogen-bond donors (Lipinski definition) is 1. The average Bonchev–Trinajstić information content (AvgIpc) is 2.85. The van der Waals surface area contributed by atoms with E-state index in [4.69, 9.17) is 0 Å². The minimum absolute atomic E-state index is 0.0447. The zero-order valence-corrected chi connectivity index (χ0v) is 12.6. The third-order valence-corrected chi connectivity index (χ3v) is 5.65. The van der Waals surface area contributed by atoms with Crippen LogP contribution in [0.5, 0.6) is 0 Å². The Hall–Kier alpha value is -0.870.